The molecule has 0 radical (unpaired) electrons. The van der Waals surface area contributed by atoms with Crippen molar-refractivity contribution in [3.8, 4) is 5.88 Å². The van der Waals surface area contributed by atoms with Gasteiger partial charge in [0.25, 0.3) is 5.91 Å². The number of nitrogens with zero attached hydrogens (tertiary/aromatic N) is 1. The fourth-order valence-corrected chi connectivity index (χ4v) is 2.62. The van der Waals surface area contributed by atoms with Gasteiger partial charge in [0.15, 0.2) is 0 Å². The van der Waals surface area contributed by atoms with Crippen LogP contribution in [0.5, 0.6) is 5.88 Å². The number of halogens is 1. The second-order valence-corrected chi connectivity index (χ2v) is 5.89. The van der Waals surface area contributed by atoms with Gasteiger partial charge in [-0.2, -0.15) is 0 Å². The van der Waals surface area contributed by atoms with Crippen molar-refractivity contribution in [2.75, 3.05) is 0 Å². The minimum atomic E-state index is -1.04. The summed E-state index contributed by atoms with van der Waals surface area (Å²) in [5.74, 6) is -1.80. The summed E-state index contributed by atoms with van der Waals surface area (Å²) >= 11 is 0. The number of rotatable bonds is 6. The van der Waals surface area contributed by atoms with E-state index in [1.165, 1.54) is 17.6 Å². The first kappa shape index (κ1) is 17.7. The molecule has 0 fully saturated rings. The molecule has 1 amide bonds. The van der Waals surface area contributed by atoms with Crippen LogP contribution >= 0.6 is 0 Å². The average molecular weight is 337 g/mol. The second kappa shape index (κ2) is 7.31. The lowest BCUT2D eigenvalue weighted by Gasteiger charge is -2.19. The Bertz CT molecular complexity index is 765. The van der Waals surface area contributed by atoms with E-state index >= 15 is 0 Å². The van der Waals surface area contributed by atoms with E-state index < -0.39 is 17.6 Å². The second-order valence-electron chi connectivity index (χ2n) is 5.89. The Labute approximate surface area is 137 Å². The number of aromatic amines is 1. The van der Waals surface area contributed by atoms with Crippen LogP contribution in [-0.2, 0) is 17.6 Å². The molecule has 2 aromatic rings. The molecule has 7 nitrogen and oxygen atoms in total. The van der Waals surface area contributed by atoms with Crippen LogP contribution in [0, 0.1) is 11.7 Å². The van der Waals surface area contributed by atoms with Crippen LogP contribution < -0.4 is 11.2 Å². The van der Waals surface area contributed by atoms with Crippen molar-refractivity contribution in [1.29, 1.82) is 0 Å². The van der Waals surface area contributed by atoms with Gasteiger partial charge in [0.1, 0.15) is 11.9 Å². The van der Waals surface area contributed by atoms with Crippen molar-refractivity contribution in [3.05, 3.63) is 51.8 Å². The number of benzene rings is 1. The number of carbonyl (C=O) groups excluding carboxylic acids is 1. The third kappa shape index (κ3) is 3.65. The number of aromatic hydroxyl groups is 1. The highest BCUT2D eigenvalue weighted by Crippen LogP contribution is 2.24. The lowest BCUT2D eigenvalue weighted by Crippen LogP contribution is -2.37. The molecule has 0 aliphatic rings. The zero-order valence-corrected chi connectivity index (χ0v) is 13.4. The lowest BCUT2D eigenvalue weighted by atomic mass is 10.0. The van der Waals surface area contributed by atoms with Crippen LogP contribution in [0.2, 0.25) is 0 Å². The third-order valence-electron chi connectivity index (χ3n) is 3.84. The molecule has 8 heteroatoms. The minimum absolute atomic E-state index is 0.278. The first-order valence-corrected chi connectivity index (χ1v) is 7.56. The molecule has 0 aliphatic carbocycles. The van der Waals surface area contributed by atoms with Crippen LogP contribution in [0.4, 0.5) is 4.39 Å². The van der Waals surface area contributed by atoms with E-state index in [4.69, 9.17) is 5.21 Å². The molecule has 1 unspecified atom stereocenters. The van der Waals surface area contributed by atoms with Gasteiger partial charge in [0, 0.05) is 0 Å². The van der Waals surface area contributed by atoms with E-state index in [-0.39, 0.29) is 23.3 Å². The van der Waals surface area contributed by atoms with Crippen molar-refractivity contribution >= 4 is 5.91 Å². The molecular weight excluding hydrogens is 317 g/mol. The van der Waals surface area contributed by atoms with Crippen LogP contribution in [0.1, 0.15) is 31.1 Å². The molecule has 0 saturated heterocycles. The number of aryl methyl sites for hydroxylation is 2. The number of carbonyl (C=O) groups is 1. The number of hydrogen-bond donors (Lipinski definition) is 4. The first-order valence-electron chi connectivity index (χ1n) is 7.56. The quantitative estimate of drug-likeness (QED) is 0.473. The van der Waals surface area contributed by atoms with Gasteiger partial charge in [0.2, 0.25) is 5.88 Å². The number of imidazole rings is 1. The Morgan fingerprint density at radius 3 is 2.46 bits per heavy atom. The smallest absolute Gasteiger partial charge is 0.329 e. The fraction of sp³-hybridized carbons (Fsp3) is 0.375. The van der Waals surface area contributed by atoms with E-state index in [0.717, 1.165) is 10.1 Å². The molecular formula is C16H20FN3O4. The van der Waals surface area contributed by atoms with E-state index in [1.807, 2.05) is 0 Å². The van der Waals surface area contributed by atoms with E-state index in [9.17, 15) is 19.1 Å². The van der Waals surface area contributed by atoms with E-state index in [1.54, 1.807) is 26.0 Å². The summed E-state index contributed by atoms with van der Waals surface area (Å²) in [5, 5.41) is 19.1. The van der Waals surface area contributed by atoms with Crippen molar-refractivity contribution in [2.24, 2.45) is 5.92 Å². The number of amides is 1. The minimum Gasteiger partial charge on any atom is -0.493 e. The van der Waals surface area contributed by atoms with Crippen molar-refractivity contribution < 1.29 is 19.5 Å². The highest BCUT2D eigenvalue weighted by atomic mass is 19.1. The average Bonchev–Trinajstić information content (AvgIpc) is 2.82. The predicted molar refractivity (Wildman–Crippen MR) is 84.3 cm³/mol. The Balaban J connectivity index is 2.26. The van der Waals surface area contributed by atoms with E-state index in [0.29, 0.717) is 12.8 Å². The van der Waals surface area contributed by atoms with Gasteiger partial charge in [-0.15, -0.1) is 0 Å². The standard InChI is InChI=1S/C16H20FN3O4/c1-9(2)13(14(21)19-24)20-15(22)12(18-16(20)23)8-5-10-3-6-11(17)7-4-10/h3-4,6-7,9,13,22,24H,5,8H2,1-2H3,(H,18,23)(H,19,21). The number of nitrogens with one attached hydrogen (secondary N) is 2. The summed E-state index contributed by atoms with van der Waals surface area (Å²) in [6.07, 6.45) is 0.789. The molecule has 1 atom stereocenters. The van der Waals surface area contributed by atoms with Crippen LogP contribution in [0.3, 0.4) is 0 Å². The fourth-order valence-electron chi connectivity index (χ4n) is 2.62. The summed E-state index contributed by atoms with van der Waals surface area (Å²) in [7, 11) is 0. The Morgan fingerprint density at radius 1 is 1.29 bits per heavy atom. The van der Waals surface area contributed by atoms with Gasteiger partial charge in [-0.3, -0.25) is 14.6 Å². The maximum Gasteiger partial charge on any atom is 0.329 e. The topological polar surface area (TPSA) is 107 Å². The monoisotopic (exact) mass is 337 g/mol. The van der Waals surface area contributed by atoms with Gasteiger partial charge in [0.05, 0.1) is 5.69 Å². The molecule has 2 rings (SSSR count). The molecule has 4 N–H and O–H groups in total. The van der Waals surface area contributed by atoms with Crippen LogP contribution in [-0.4, -0.2) is 25.8 Å². The number of hydrogen-bond acceptors (Lipinski definition) is 4. The summed E-state index contributed by atoms with van der Waals surface area (Å²) in [4.78, 5) is 26.4. The number of hydroxylamine groups is 1. The predicted octanol–water partition coefficient (Wildman–Crippen LogP) is 1.51. The van der Waals surface area contributed by atoms with Crippen molar-refractivity contribution in [3.63, 3.8) is 0 Å². The normalized spacial score (nSPS) is 12.4. The molecule has 24 heavy (non-hydrogen) atoms. The van der Waals surface area contributed by atoms with Gasteiger partial charge in [-0.25, -0.2) is 14.7 Å². The van der Waals surface area contributed by atoms with Gasteiger partial charge in [-0.1, -0.05) is 26.0 Å². The molecule has 1 heterocycles. The zero-order valence-electron chi connectivity index (χ0n) is 13.4. The summed E-state index contributed by atoms with van der Waals surface area (Å²) in [6, 6.07) is 4.88. The molecule has 1 aromatic carbocycles. The summed E-state index contributed by atoms with van der Waals surface area (Å²) in [5.41, 5.74) is 2.00. The summed E-state index contributed by atoms with van der Waals surface area (Å²) < 4.78 is 13.8. The maximum absolute atomic E-state index is 12.9. The molecule has 1 aromatic heterocycles. The molecule has 0 aliphatic heterocycles. The molecule has 0 spiro atoms. The number of aromatic nitrogens is 2. The third-order valence-corrected chi connectivity index (χ3v) is 3.84. The lowest BCUT2D eigenvalue weighted by molar-refractivity contribution is -0.134. The molecule has 0 saturated carbocycles. The zero-order chi connectivity index (χ0) is 17.9. The van der Waals surface area contributed by atoms with E-state index in [2.05, 4.69) is 4.98 Å². The van der Waals surface area contributed by atoms with Gasteiger partial charge < -0.3 is 10.1 Å². The van der Waals surface area contributed by atoms with Crippen molar-refractivity contribution in [2.45, 2.75) is 32.7 Å². The highest BCUT2D eigenvalue weighted by molar-refractivity contribution is 5.79. The Morgan fingerprint density at radius 2 is 1.92 bits per heavy atom. The Kier molecular flexibility index (Phi) is 5.40. The number of H-pyrrole nitrogens is 1. The first-order chi connectivity index (χ1) is 11.3. The Hall–Kier alpha value is -2.61. The van der Waals surface area contributed by atoms with Crippen LogP contribution in [0.25, 0.3) is 0 Å². The van der Waals surface area contributed by atoms with Gasteiger partial charge >= 0.3 is 5.69 Å². The highest BCUT2D eigenvalue weighted by Gasteiger charge is 2.29. The SMILES string of the molecule is CC(C)C(C(=O)NO)n1c(O)c(CCc2ccc(F)cc2)[nH]c1=O. The largest absolute Gasteiger partial charge is 0.493 e. The van der Waals surface area contributed by atoms with Gasteiger partial charge in [-0.05, 0) is 36.5 Å². The molecule has 0 bridgehead atoms. The van der Waals surface area contributed by atoms with Crippen molar-refractivity contribution in [1.82, 2.24) is 15.0 Å². The molecule has 130 valence electrons. The van der Waals surface area contributed by atoms with Crippen LogP contribution in [0.15, 0.2) is 29.1 Å². The maximum atomic E-state index is 12.9. The summed E-state index contributed by atoms with van der Waals surface area (Å²) in [6.45, 7) is 3.38.